The van der Waals surface area contributed by atoms with Crippen molar-refractivity contribution < 1.29 is 23.5 Å². The van der Waals surface area contributed by atoms with Gasteiger partial charge in [0.1, 0.15) is 0 Å². The Bertz CT molecular complexity index is 508. The van der Waals surface area contributed by atoms with E-state index in [1.165, 1.54) is 6.92 Å². The van der Waals surface area contributed by atoms with E-state index in [1.54, 1.807) is 0 Å². The van der Waals surface area contributed by atoms with E-state index in [2.05, 4.69) is 5.32 Å². The van der Waals surface area contributed by atoms with Crippen molar-refractivity contribution in [1.82, 2.24) is 5.32 Å². The van der Waals surface area contributed by atoms with Crippen LogP contribution in [0.3, 0.4) is 0 Å². The first-order valence-corrected chi connectivity index (χ1v) is 5.86. The first kappa shape index (κ1) is 15.4. The van der Waals surface area contributed by atoms with E-state index >= 15 is 0 Å². The number of carboxylic acids is 1. The van der Waals surface area contributed by atoms with Crippen LogP contribution >= 0.6 is 11.6 Å². The Morgan fingerprint density at radius 2 is 1.95 bits per heavy atom. The van der Waals surface area contributed by atoms with Crippen molar-refractivity contribution in [2.75, 3.05) is 6.54 Å². The summed E-state index contributed by atoms with van der Waals surface area (Å²) in [4.78, 5) is 22.2. The highest BCUT2D eigenvalue weighted by molar-refractivity contribution is 6.33. The van der Waals surface area contributed by atoms with Crippen molar-refractivity contribution in [2.45, 2.75) is 13.3 Å². The lowest BCUT2D eigenvalue weighted by Crippen LogP contribution is -2.27. The second-order valence-corrected chi connectivity index (χ2v) is 4.44. The van der Waals surface area contributed by atoms with E-state index in [4.69, 9.17) is 16.7 Å². The first-order chi connectivity index (χ1) is 8.82. The average molecular weight is 292 g/mol. The molecule has 0 aromatic heterocycles. The fourth-order valence-corrected chi connectivity index (χ4v) is 1.55. The number of carboxylic acid groups (broad SMARTS) is 1. The molecule has 2 N–H and O–H groups in total. The van der Waals surface area contributed by atoms with Crippen LogP contribution in [-0.2, 0) is 4.79 Å². The molecule has 0 aliphatic heterocycles. The molecule has 1 rings (SSSR count). The quantitative estimate of drug-likeness (QED) is 0.819. The van der Waals surface area contributed by atoms with Gasteiger partial charge >= 0.3 is 5.97 Å². The highest BCUT2D eigenvalue weighted by Gasteiger charge is 2.16. The molecule has 1 aromatic rings. The number of halogens is 3. The van der Waals surface area contributed by atoms with Crippen molar-refractivity contribution >= 4 is 23.5 Å². The van der Waals surface area contributed by atoms with Crippen LogP contribution in [0.5, 0.6) is 0 Å². The zero-order chi connectivity index (χ0) is 14.6. The van der Waals surface area contributed by atoms with E-state index in [0.717, 1.165) is 0 Å². The minimum atomic E-state index is -1.17. The number of hydrogen-bond acceptors (Lipinski definition) is 2. The van der Waals surface area contributed by atoms with Crippen LogP contribution in [-0.4, -0.2) is 23.5 Å². The third kappa shape index (κ3) is 4.17. The van der Waals surface area contributed by atoms with Gasteiger partial charge in [-0.1, -0.05) is 18.5 Å². The zero-order valence-electron chi connectivity index (χ0n) is 10.0. The summed E-state index contributed by atoms with van der Waals surface area (Å²) in [6.07, 6.45) is 0.225. The lowest BCUT2D eigenvalue weighted by Gasteiger charge is -2.09. The number of carbonyl (C=O) groups is 2. The summed E-state index contributed by atoms with van der Waals surface area (Å²) in [5.41, 5.74) is -0.191. The molecule has 104 valence electrons. The van der Waals surface area contributed by atoms with E-state index in [-0.39, 0.29) is 23.6 Å². The molecule has 0 spiro atoms. The molecular weight excluding hydrogens is 280 g/mol. The van der Waals surface area contributed by atoms with Gasteiger partial charge in [0.05, 0.1) is 16.5 Å². The number of amides is 1. The van der Waals surface area contributed by atoms with Gasteiger partial charge in [-0.2, -0.15) is 0 Å². The van der Waals surface area contributed by atoms with Crippen LogP contribution in [0, 0.1) is 17.6 Å². The van der Waals surface area contributed by atoms with Gasteiger partial charge in [-0.05, 0) is 18.6 Å². The van der Waals surface area contributed by atoms with Gasteiger partial charge in [0.2, 0.25) is 0 Å². The van der Waals surface area contributed by atoms with Crippen LogP contribution in [0.4, 0.5) is 8.78 Å². The molecule has 1 atom stereocenters. The Hall–Kier alpha value is -1.69. The molecule has 0 aliphatic rings. The SMILES string of the molecule is CC(CCNC(=O)c1cc(F)c(F)cc1Cl)C(=O)O. The summed E-state index contributed by atoms with van der Waals surface area (Å²) in [7, 11) is 0. The Balaban J connectivity index is 2.64. The van der Waals surface area contributed by atoms with Crippen molar-refractivity contribution in [1.29, 1.82) is 0 Å². The van der Waals surface area contributed by atoms with Crippen LogP contribution in [0.1, 0.15) is 23.7 Å². The van der Waals surface area contributed by atoms with Crippen LogP contribution < -0.4 is 5.32 Å². The predicted molar refractivity (Wildman–Crippen MR) is 65.1 cm³/mol. The molecule has 0 heterocycles. The topological polar surface area (TPSA) is 66.4 Å². The van der Waals surface area contributed by atoms with E-state index in [1.807, 2.05) is 0 Å². The Morgan fingerprint density at radius 3 is 2.53 bits per heavy atom. The monoisotopic (exact) mass is 291 g/mol. The standard InChI is InChI=1S/C12H12ClF2NO3/c1-6(12(18)19)2-3-16-11(17)7-4-9(14)10(15)5-8(7)13/h4-6H,2-3H2,1H3,(H,16,17)(H,18,19). The number of hydrogen-bond donors (Lipinski definition) is 2. The molecule has 0 saturated heterocycles. The van der Waals surface area contributed by atoms with Gasteiger partial charge in [0, 0.05) is 6.54 Å². The lowest BCUT2D eigenvalue weighted by molar-refractivity contribution is -0.141. The van der Waals surface area contributed by atoms with E-state index in [0.29, 0.717) is 12.1 Å². The van der Waals surface area contributed by atoms with Crippen molar-refractivity contribution in [3.05, 3.63) is 34.4 Å². The summed E-state index contributed by atoms with van der Waals surface area (Å²) in [6, 6.07) is 1.42. The maximum atomic E-state index is 13.0. The van der Waals surface area contributed by atoms with Crippen molar-refractivity contribution in [3.63, 3.8) is 0 Å². The van der Waals surface area contributed by atoms with Gasteiger partial charge in [0.25, 0.3) is 5.91 Å². The van der Waals surface area contributed by atoms with Crippen LogP contribution in [0.15, 0.2) is 12.1 Å². The Morgan fingerprint density at radius 1 is 1.37 bits per heavy atom. The Labute approximate surface area is 113 Å². The minimum Gasteiger partial charge on any atom is -0.481 e. The average Bonchev–Trinajstić information content (AvgIpc) is 2.33. The lowest BCUT2D eigenvalue weighted by atomic mass is 10.1. The fourth-order valence-electron chi connectivity index (χ4n) is 1.32. The molecule has 0 bridgehead atoms. The molecule has 0 radical (unpaired) electrons. The number of nitrogens with one attached hydrogen (secondary N) is 1. The molecule has 1 aromatic carbocycles. The Kier molecular flexibility index (Phi) is 5.23. The van der Waals surface area contributed by atoms with Crippen molar-refractivity contribution in [3.8, 4) is 0 Å². The van der Waals surface area contributed by atoms with Crippen molar-refractivity contribution in [2.24, 2.45) is 5.92 Å². The molecule has 4 nitrogen and oxygen atoms in total. The van der Waals surface area contributed by atoms with Crippen LogP contribution in [0.25, 0.3) is 0 Å². The normalized spacial score (nSPS) is 12.0. The minimum absolute atomic E-state index is 0.0988. The molecular formula is C12H12ClF2NO3. The maximum absolute atomic E-state index is 13.0. The number of rotatable bonds is 5. The number of carbonyl (C=O) groups excluding carboxylic acids is 1. The third-order valence-corrected chi connectivity index (χ3v) is 2.85. The molecule has 0 saturated carbocycles. The van der Waals surface area contributed by atoms with Gasteiger partial charge < -0.3 is 10.4 Å². The summed E-state index contributed by atoms with van der Waals surface area (Å²) < 4.78 is 25.8. The third-order valence-electron chi connectivity index (χ3n) is 2.54. The molecule has 19 heavy (non-hydrogen) atoms. The largest absolute Gasteiger partial charge is 0.481 e. The summed E-state index contributed by atoms with van der Waals surface area (Å²) in [5.74, 6) is -4.57. The second-order valence-electron chi connectivity index (χ2n) is 4.03. The smallest absolute Gasteiger partial charge is 0.306 e. The summed E-state index contributed by atoms with van der Waals surface area (Å²) >= 11 is 5.63. The number of aliphatic carboxylic acids is 1. The highest BCUT2D eigenvalue weighted by atomic mass is 35.5. The first-order valence-electron chi connectivity index (χ1n) is 5.48. The predicted octanol–water partition coefficient (Wildman–Crippen LogP) is 2.46. The molecule has 0 fully saturated rings. The van der Waals surface area contributed by atoms with Crippen LogP contribution in [0.2, 0.25) is 5.02 Å². The zero-order valence-corrected chi connectivity index (χ0v) is 10.8. The van der Waals surface area contributed by atoms with Gasteiger partial charge in [-0.15, -0.1) is 0 Å². The molecule has 7 heteroatoms. The molecule has 0 aliphatic carbocycles. The maximum Gasteiger partial charge on any atom is 0.306 e. The van der Waals surface area contributed by atoms with Gasteiger partial charge in [-0.25, -0.2) is 8.78 Å². The highest BCUT2D eigenvalue weighted by Crippen LogP contribution is 2.19. The summed E-state index contributed by atoms with van der Waals surface area (Å²) in [6.45, 7) is 1.60. The summed E-state index contributed by atoms with van der Waals surface area (Å²) in [5, 5.41) is 10.8. The van der Waals surface area contributed by atoms with Gasteiger partial charge in [0.15, 0.2) is 11.6 Å². The molecule has 1 unspecified atom stereocenters. The second kappa shape index (κ2) is 6.47. The van der Waals surface area contributed by atoms with E-state index < -0.39 is 29.4 Å². The van der Waals surface area contributed by atoms with E-state index in [9.17, 15) is 18.4 Å². The molecule has 1 amide bonds. The fraction of sp³-hybridized carbons (Fsp3) is 0.333. The number of benzene rings is 1. The van der Waals surface area contributed by atoms with Gasteiger partial charge in [-0.3, -0.25) is 9.59 Å².